The topological polar surface area (TPSA) is 91.3 Å². The zero-order chi connectivity index (χ0) is 15.3. The Hall–Kier alpha value is -1.54. The Morgan fingerprint density at radius 1 is 1.29 bits per heavy atom. The number of rotatable bonds is 7. The molecular formula is C14H19N3O3S. The molecule has 0 radical (unpaired) electrons. The Labute approximate surface area is 124 Å². The summed E-state index contributed by atoms with van der Waals surface area (Å²) in [5.41, 5.74) is 0. The van der Waals surface area contributed by atoms with Crippen molar-refractivity contribution in [3.8, 4) is 0 Å². The van der Waals surface area contributed by atoms with Gasteiger partial charge in [0.05, 0.1) is 11.5 Å². The van der Waals surface area contributed by atoms with Gasteiger partial charge >= 0.3 is 0 Å². The maximum atomic E-state index is 12.3. The zero-order valence-corrected chi connectivity index (χ0v) is 12.6. The second kappa shape index (κ2) is 6.95. The largest absolute Gasteiger partial charge is 0.395 e. The van der Waals surface area contributed by atoms with Crippen LogP contribution in [-0.4, -0.2) is 44.2 Å². The minimum atomic E-state index is -3.56. The number of fused-ring (bicyclic) bond motifs is 1. The second-order valence-corrected chi connectivity index (χ2v) is 6.55. The van der Waals surface area contributed by atoms with Gasteiger partial charge in [0, 0.05) is 36.9 Å². The number of hydrogen-bond donors (Lipinski definition) is 3. The summed E-state index contributed by atoms with van der Waals surface area (Å²) in [6, 6.07) is 6.45. The summed E-state index contributed by atoms with van der Waals surface area (Å²) in [4.78, 5) is 4.23. The van der Waals surface area contributed by atoms with Gasteiger partial charge in [0.1, 0.15) is 0 Å². The molecule has 1 aromatic heterocycles. The highest BCUT2D eigenvalue weighted by molar-refractivity contribution is 7.89. The van der Waals surface area contributed by atoms with Crippen molar-refractivity contribution in [2.75, 3.05) is 19.7 Å². The summed E-state index contributed by atoms with van der Waals surface area (Å²) in [5.74, 6) is 0. The molecule has 0 aliphatic rings. The number of nitrogens with zero attached hydrogens (tertiary/aromatic N) is 1. The van der Waals surface area contributed by atoms with Crippen molar-refractivity contribution < 1.29 is 13.5 Å². The second-order valence-electron chi connectivity index (χ2n) is 4.83. The van der Waals surface area contributed by atoms with E-state index in [-0.39, 0.29) is 17.5 Å². The smallest absolute Gasteiger partial charge is 0.240 e. The van der Waals surface area contributed by atoms with Gasteiger partial charge in [0.2, 0.25) is 10.0 Å². The van der Waals surface area contributed by atoms with Crippen LogP contribution in [0.1, 0.15) is 6.92 Å². The van der Waals surface area contributed by atoms with Crippen LogP contribution in [-0.2, 0) is 10.0 Å². The molecule has 0 fully saturated rings. The number of aromatic nitrogens is 1. The molecule has 1 atom stereocenters. The average molecular weight is 309 g/mol. The number of benzene rings is 1. The normalized spacial score (nSPS) is 13.4. The fourth-order valence-corrected chi connectivity index (χ4v) is 3.28. The summed E-state index contributed by atoms with van der Waals surface area (Å²) < 4.78 is 27.2. The van der Waals surface area contributed by atoms with E-state index in [0.717, 1.165) is 10.8 Å². The van der Waals surface area contributed by atoms with E-state index in [1.54, 1.807) is 43.6 Å². The van der Waals surface area contributed by atoms with Gasteiger partial charge in [-0.05, 0) is 30.5 Å². The standard InChI is InChI=1S/C14H19N3O3S/c1-11(9-16-6-7-18)17-21(19,20)14-3-2-13-10-15-5-4-12(13)8-14/h2-5,8,10-11,16-18H,6-7,9H2,1H3/t11-/m1/s1. The monoisotopic (exact) mass is 309 g/mol. The molecule has 1 heterocycles. The van der Waals surface area contributed by atoms with Gasteiger partial charge in [0.15, 0.2) is 0 Å². The molecule has 0 saturated carbocycles. The number of sulfonamides is 1. The fourth-order valence-electron chi connectivity index (χ4n) is 2.00. The molecule has 0 amide bonds. The molecule has 2 aromatic rings. The van der Waals surface area contributed by atoms with Gasteiger partial charge in [0.25, 0.3) is 0 Å². The van der Waals surface area contributed by atoms with Gasteiger partial charge in [-0.3, -0.25) is 4.98 Å². The maximum absolute atomic E-state index is 12.3. The minimum Gasteiger partial charge on any atom is -0.395 e. The third-order valence-electron chi connectivity index (χ3n) is 3.02. The maximum Gasteiger partial charge on any atom is 0.240 e. The molecule has 0 aliphatic carbocycles. The van der Waals surface area contributed by atoms with Crippen molar-refractivity contribution in [1.29, 1.82) is 0 Å². The summed E-state index contributed by atoms with van der Waals surface area (Å²) in [5, 5.41) is 13.4. The molecule has 114 valence electrons. The predicted octanol–water partition coefficient (Wildman–Crippen LogP) is 0.484. The fraction of sp³-hybridized carbons (Fsp3) is 0.357. The lowest BCUT2D eigenvalue weighted by Gasteiger charge is -2.15. The van der Waals surface area contributed by atoms with Crippen LogP contribution in [0.3, 0.4) is 0 Å². The summed E-state index contributed by atoms with van der Waals surface area (Å²) in [7, 11) is -3.56. The number of aliphatic hydroxyl groups is 1. The lowest BCUT2D eigenvalue weighted by Crippen LogP contribution is -2.40. The van der Waals surface area contributed by atoms with Crippen molar-refractivity contribution in [3.63, 3.8) is 0 Å². The zero-order valence-electron chi connectivity index (χ0n) is 11.8. The molecule has 6 nitrogen and oxygen atoms in total. The van der Waals surface area contributed by atoms with Crippen molar-refractivity contribution >= 4 is 20.8 Å². The van der Waals surface area contributed by atoms with Crippen molar-refractivity contribution in [2.24, 2.45) is 0 Å². The molecule has 3 N–H and O–H groups in total. The van der Waals surface area contributed by atoms with E-state index in [1.807, 2.05) is 0 Å². The van der Waals surface area contributed by atoms with Gasteiger partial charge in [-0.15, -0.1) is 0 Å². The van der Waals surface area contributed by atoms with Crippen LogP contribution in [0.25, 0.3) is 10.8 Å². The Kier molecular flexibility index (Phi) is 5.24. The van der Waals surface area contributed by atoms with E-state index < -0.39 is 10.0 Å². The van der Waals surface area contributed by atoms with Crippen molar-refractivity contribution in [2.45, 2.75) is 17.9 Å². The lowest BCUT2D eigenvalue weighted by molar-refractivity contribution is 0.291. The third-order valence-corrected chi connectivity index (χ3v) is 4.60. The number of hydrogen-bond acceptors (Lipinski definition) is 5. The average Bonchev–Trinajstić information content (AvgIpc) is 2.46. The first-order valence-corrected chi connectivity index (χ1v) is 8.19. The van der Waals surface area contributed by atoms with Gasteiger partial charge in [-0.1, -0.05) is 6.07 Å². The van der Waals surface area contributed by atoms with Crippen LogP contribution in [0.4, 0.5) is 0 Å². The predicted molar refractivity (Wildman–Crippen MR) is 81.5 cm³/mol. The van der Waals surface area contributed by atoms with Crippen molar-refractivity contribution in [3.05, 3.63) is 36.7 Å². The van der Waals surface area contributed by atoms with Gasteiger partial charge in [-0.2, -0.15) is 0 Å². The lowest BCUT2D eigenvalue weighted by atomic mass is 10.2. The Morgan fingerprint density at radius 2 is 2.10 bits per heavy atom. The van der Waals surface area contributed by atoms with E-state index in [0.29, 0.717) is 13.1 Å². The Balaban J connectivity index is 2.13. The van der Waals surface area contributed by atoms with E-state index in [4.69, 9.17) is 5.11 Å². The molecule has 21 heavy (non-hydrogen) atoms. The summed E-state index contributed by atoms with van der Waals surface area (Å²) >= 11 is 0. The molecule has 7 heteroatoms. The molecular weight excluding hydrogens is 290 g/mol. The molecule has 0 aliphatic heterocycles. The first-order chi connectivity index (χ1) is 10.0. The van der Waals surface area contributed by atoms with E-state index in [1.165, 1.54) is 0 Å². The van der Waals surface area contributed by atoms with Crippen LogP contribution in [0, 0.1) is 0 Å². The molecule has 0 saturated heterocycles. The highest BCUT2D eigenvalue weighted by Gasteiger charge is 2.17. The first-order valence-electron chi connectivity index (χ1n) is 6.70. The molecule has 0 spiro atoms. The highest BCUT2D eigenvalue weighted by Crippen LogP contribution is 2.18. The summed E-state index contributed by atoms with van der Waals surface area (Å²) in [6.07, 6.45) is 3.33. The van der Waals surface area contributed by atoms with E-state index in [9.17, 15) is 8.42 Å². The van der Waals surface area contributed by atoms with Crippen LogP contribution in [0.5, 0.6) is 0 Å². The Morgan fingerprint density at radius 3 is 2.86 bits per heavy atom. The Bertz CT molecular complexity index is 703. The molecule has 2 rings (SSSR count). The molecule has 0 bridgehead atoms. The first kappa shape index (κ1) is 15.8. The van der Waals surface area contributed by atoms with Crippen LogP contribution >= 0.6 is 0 Å². The van der Waals surface area contributed by atoms with Gasteiger partial charge in [-0.25, -0.2) is 13.1 Å². The highest BCUT2D eigenvalue weighted by atomic mass is 32.2. The molecule has 0 unspecified atom stereocenters. The quantitative estimate of drug-likeness (QED) is 0.647. The minimum absolute atomic E-state index is 0.0260. The number of pyridine rings is 1. The van der Waals surface area contributed by atoms with E-state index >= 15 is 0 Å². The van der Waals surface area contributed by atoms with E-state index in [2.05, 4.69) is 15.0 Å². The van der Waals surface area contributed by atoms with Crippen LogP contribution < -0.4 is 10.0 Å². The van der Waals surface area contributed by atoms with Crippen LogP contribution in [0.15, 0.2) is 41.6 Å². The molecule has 1 aromatic carbocycles. The summed E-state index contributed by atoms with van der Waals surface area (Å²) in [6.45, 7) is 2.69. The number of nitrogens with one attached hydrogen (secondary N) is 2. The van der Waals surface area contributed by atoms with Gasteiger partial charge < -0.3 is 10.4 Å². The van der Waals surface area contributed by atoms with Crippen molar-refractivity contribution in [1.82, 2.24) is 15.0 Å². The van der Waals surface area contributed by atoms with Crippen LogP contribution in [0.2, 0.25) is 0 Å². The third kappa shape index (κ3) is 4.21. The number of aliphatic hydroxyl groups excluding tert-OH is 1. The SMILES string of the molecule is C[C@H](CNCCO)NS(=O)(=O)c1ccc2cnccc2c1.